The summed E-state index contributed by atoms with van der Waals surface area (Å²) >= 11 is 0. The molecule has 2 N–H and O–H groups in total. The van der Waals surface area contributed by atoms with E-state index in [9.17, 15) is 5.11 Å². The highest BCUT2D eigenvalue weighted by molar-refractivity contribution is 5.42. The first kappa shape index (κ1) is 12.3. The average Bonchev–Trinajstić information content (AvgIpc) is 2.39. The molecule has 1 aromatic rings. The number of hydrogen-bond acceptors (Lipinski definition) is 5. The highest BCUT2D eigenvalue weighted by atomic mass is 16.5. The van der Waals surface area contributed by atoms with Crippen LogP contribution in [0.2, 0.25) is 0 Å². The van der Waals surface area contributed by atoms with Crippen molar-refractivity contribution in [1.82, 2.24) is 4.98 Å². The van der Waals surface area contributed by atoms with E-state index < -0.39 is 6.10 Å². The van der Waals surface area contributed by atoms with Crippen LogP contribution in [0.4, 0.5) is 5.82 Å². The molecule has 1 unspecified atom stereocenters. The maximum absolute atomic E-state index is 9.53. The van der Waals surface area contributed by atoms with E-state index >= 15 is 0 Å². The Balaban J connectivity index is 2.13. The van der Waals surface area contributed by atoms with Crippen molar-refractivity contribution < 1.29 is 14.9 Å². The van der Waals surface area contributed by atoms with Gasteiger partial charge in [-0.2, -0.15) is 0 Å². The molecule has 5 nitrogen and oxygen atoms in total. The van der Waals surface area contributed by atoms with Crippen LogP contribution in [-0.2, 0) is 4.74 Å². The summed E-state index contributed by atoms with van der Waals surface area (Å²) in [5, 5.41) is 18.6. The lowest BCUT2D eigenvalue weighted by Gasteiger charge is -2.33. The van der Waals surface area contributed by atoms with Crippen molar-refractivity contribution in [2.45, 2.75) is 19.1 Å². The van der Waals surface area contributed by atoms with E-state index in [4.69, 9.17) is 9.84 Å². The van der Waals surface area contributed by atoms with Gasteiger partial charge in [-0.25, -0.2) is 4.98 Å². The molecule has 0 aromatic carbocycles. The third-order valence-corrected chi connectivity index (χ3v) is 2.92. The number of aromatic nitrogens is 1. The lowest BCUT2D eigenvalue weighted by Crippen LogP contribution is -2.44. The molecule has 2 atom stereocenters. The van der Waals surface area contributed by atoms with Crippen molar-refractivity contribution in [2.24, 2.45) is 0 Å². The van der Waals surface area contributed by atoms with Crippen LogP contribution < -0.4 is 4.90 Å². The standard InChI is InChI=1S/C12H18N2O3/c1-9(16)10-2-3-13-12(6-10)14-4-5-17-11(7-14)8-15/h2-3,6,9,11,15-16H,4-5,7-8H2,1H3/t9-,11?/m1/s1. The van der Waals surface area contributed by atoms with Gasteiger partial charge >= 0.3 is 0 Å². The predicted octanol–water partition coefficient (Wildman–Crippen LogP) is 0.332. The van der Waals surface area contributed by atoms with Crippen LogP contribution in [0.15, 0.2) is 18.3 Å². The molecule has 1 fully saturated rings. The molecule has 0 bridgehead atoms. The zero-order chi connectivity index (χ0) is 12.3. The van der Waals surface area contributed by atoms with Crippen LogP contribution in [0.5, 0.6) is 0 Å². The first-order chi connectivity index (χ1) is 8.20. The topological polar surface area (TPSA) is 65.8 Å². The van der Waals surface area contributed by atoms with E-state index in [0.29, 0.717) is 13.2 Å². The monoisotopic (exact) mass is 238 g/mol. The minimum absolute atomic E-state index is 0.0204. The highest BCUT2D eigenvalue weighted by Crippen LogP contribution is 2.19. The fourth-order valence-electron chi connectivity index (χ4n) is 1.90. The second-order valence-electron chi connectivity index (χ2n) is 4.24. The first-order valence-corrected chi connectivity index (χ1v) is 5.82. The molecule has 5 heteroatoms. The van der Waals surface area contributed by atoms with Crippen molar-refractivity contribution in [2.75, 3.05) is 31.2 Å². The quantitative estimate of drug-likeness (QED) is 0.794. The van der Waals surface area contributed by atoms with Gasteiger partial charge in [-0.3, -0.25) is 0 Å². The van der Waals surface area contributed by atoms with Crippen LogP contribution in [0.1, 0.15) is 18.6 Å². The molecule has 0 aliphatic carbocycles. The Bertz CT molecular complexity index is 371. The first-order valence-electron chi connectivity index (χ1n) is 5.82. The predicted molar refractivity (Wildman–Crippen MR) is 63.9 cm³/mol. The Morgan fingerprint density at radius 2 is 2.47 bits per heavy atom. The molecule has 1 saturated heterocycles. The van der Waals surface area contributed by atoms with Gasteiger partial charge in [-0.05, 0) is 24.6 Å². The molecule has 0 saturated carbocycles. The van der Waals surface area contributed by atoms with Gasteiger partial charge in [0.1, 0.15) is 5.82 Å². The van der Waals surface area contributed by atoms with Crippen molar-refractivity contribution in [3.05, 3.63) is 23.9 Å². The van der Waals surface area contributed by atoms with E-state index in [1.807, 2.05) is 6.07 Å². The fourth-order valence-corrected chi connectivity index (χ4v) is 1.90. The summed E-state index contributed by atoms with van der Waals surface area (Å²) in [5.41, 5.74) is 0.849. The van der Waals surface area contributed by atoms with Crippen LogP contribution in [0.25, 0.3) is 0 Å². The SMILES string of the molecule is C[C@@H](O)c1ccnc(N2CCOC(CO)C2)c1. The Labute approximate surface area is 101 Å². The number of rotatable bonds is 3. The van der Waals surface area contributed by atoms with E-state index in [0.717, 1.165) is 17.9 Å². The van der Waals surface area contributed by atoms with Gasteiger partial charge in [0.2, 0.25) is 0 Å². The Kier molecular flexibility index (Phi) is 3.93. The zero-order valence-corrected chi connectivity index (χ0v) is 9.91. The highest BCUT2D eigenvalue weighted by Gasteiger charge is 2.21. The maximum Gasteiger partial charge on any atom is 0.129 e. The Morgan fingerprint density at radius 3 is 3.18 bits per heavy atom. The summed E-state index contributed by atoms with van der Waals surface area (Å²) in [6.45, 7) is 3.73. The molecular weight excluding hydrogens is 220 g/mol. The fraction of sp³-hybridized carbons (Fsp3) is 0.583. The molecule has 2 rings (SSSR count). The van der Waals surface area contributed by atoms with Crippen LogP contribution >= 0.6 is 0 Å². The lowest BCUT2D eigenvalue weighted by molar-refractivity contribution is 0.00335. The smallest absolute Gasteiger partial charge is 0.129 e. The second kappa shape index (κ2) is 5.44. The zero-order valence-electron chi connectivity index (χ0n) is 9.91. The molecule has 1 aliphatic rings. The second-order valence-corrected chi connectivity index (χ2v) is 4.24. The van der Waals surface area contributed by atoms with Crippen molar-refractivity contribution >= 4 is 5.82 Å². The summed E-state index contributed by atoms with van der Waals surface area (Å²) < 4.78 is 5.39. The van der Waals surface area contributed by atoms with E-state index in [2.05, 4.69) is 9.88 Å². The van der Waals surface area contributed by atoms with Gasteiger partial charge in [-0.1, -0.05) is 0 Å². The number of aliphatic hydroxyl groups excluding tert-OH is 2. The van der Waals surface area contributed by atoms with Crippen molar-refractivity contribution in [3.63, 3.8) is 0 Å². The molecule has 1 aliphatic heterocycles. The molecule has 0 radical (unpaired) electrons. The third-order valence-electron chi connectivity index (χ3n) is 2.92. The Morgan fingerprint density at radius 1 is 1.65 bits per heavy atom. The van der Waals surface area contributed by atoms with Gasteiger partial charge in [0.25, 0.3) is 0 Å². The number of anilines is 1. The minimum Gasteiger partial charge on any atom is -0.394 e. The van der Waals surface area contributed by atoms with Crippen molar-refractivity contribution in [3.8, 4) is 0 Å². The summed E-state index contributed by atoms with van der Waals surface area (Å²) in [6, 6.07) is 3.68. The number of nitrogens with zero attached hydrogens (tertiary/aromatic N) is 2. The van der Waals surface area contributed by atoms with Crippen molar-refractivity contribution in [1.29, 1.82) is 0 Å². The molecule has 1 aromatic heterocycles. The normalized spacial score (nSPS) is 22.5. The summed E-state index contributed by atoms with van der Waals surface area (Å²) in [7, 11) is 0. The minimum atomic E-state index is -0.494. The van der Waals surface area contributed by atoms with E-state index in [-0.39, 0.29) is 12.7 Å². The van der Waals surface area contributed by atoms with Gasteiger partial charge in [0, 0.05) is 19.3 Å². The van der Waals surface area contributed by atoms with E-state index in [1.54, 1.807) is 19.2 Å². The number of morpholine rings is 1. The number of ether oxygens (including phenoxy) is 1. The maximum atomic E-state index is 9.53. The average molecular weight is 238 g/mol. The molecule has 17 heavy (non-hydrogen) atoms. The lowest BCUT2D eigenvalue weighted by atomic mass is 10.1. The van der Waals surface area contributed by atoms with Crippen LogP contribution in [0.3, 0.4) is 0 Å². The van der Waals surface area contributed by atoms with Gasteiger partial charge in [-0.15, -0.1) is 0 Å². The molecular formula is C12H18N2O3. The third kappa shape index (κ3) is 2.94. The largest absolute Gasteiger partial charge is 0.394 e. The van der Waals surface area contributed by atoms with Gasteiger partial charge < -0.3 is 19.8 Å². The number of aliphatic hydroxyl groups is 2. The van der Waals surface area contributed by atoms with Gasteiger partial charge in [0.05, 0.1) is 25.4 Å². The molecule has 2 heterocycles. The van der Waals surface area contributed by atoms with E-state index in [1.165, 1.54) is 0 Å². The van der Waals surface area contributed by atoms with Crippen LogP contribution in [0, 0.1) is 0 Å². The van der Waals surface area contributed by atoms with Gasteiger partial charge in [0.15, 0.2) is 0 Å². The molecule has 0 spiro atoms. The molecule has 94 valence electrons. The summed E-state index contributed by atoms with van der Waals surface area (Å²) in [6.07, 6.45) is 1.05. The molecule has 0 amide bonds. The summed E-state index contributed by atoms with van der Waals surface area (Å²) in [5.74, 6) is 0.824. The summed E-state index contributed by atoms with van der Waals surface area (Å²) in [4.78, 5) is 6.36. The Hall–Kier alpha value is -1.17. The number of pyridine rings is 1. The number of hydrogen-bond donors (Lipinski definition) is 2. The van der Waals surface area contributed by atoms with Crippen LogP contribution in [-0.4, -0.2) is 47.6 Å².